The molecule has 6 nitrogen and oxygen atoms in total. The fourth-order valence-electron chi connectivity index (χ4n) is 3.90. The number of nitrogens with zero attached hydrogens (tertiary/aromatic N) is 2. The van der Waals surface area contributed by atoms with Gasteiger partial charge in [0.15, 0.2) is 0 Å². The van der Waals surface area contributed by atoms with E-state index in [1.165, 1.54) is 17.8 Å². The molecule has 2 heterocycles. The van der Waals surface area contributed by atoms with Gasteiger partial charge in [-0.15, -0.1) is 11.3 Å². The smallest absolute Gasteiger partial charge is 0.252 e. The molecule has 1 saturated carbocycles. The molecular formula is C24H26N4O2S. The van der Waals surface area contributed by atoms with E-state index in [0.29, 0.717) is 11.4 Å². The highest BCUT2D eigenvalue weighted by atomic mass is 32.1. The third-order valence-electron chi connectivity index (χ3n) is 5.51. The lowest BCUT2D eigenvalue weighted by molar-refractivity contribution is -0.124. The summed E-state index contributed by atoms with van der Waals surface area (Å²) in [7, 11) is 0. The minimum Gasteiger partial charge on any atom is -0.351 e. The zero-order chi connectivity index (χ0) is 21.6. The van der Waals surface area contributed by atoms with Gasteiger partial charge in [-0.25, -0.2) is 9.97 Å². The van der Waals surface area contributed by atoms with Crippen molar-refractivity contribution in [1.29, 1.82) is 0 Å². The minimum absolute atomic E-state index is 0.148. The highest BCUT2D eigenvalue weighted by molar-refractivity contribution is 7.10. The number of nitrogens with one attached hydrogen (secondary N) is 2. The molecular weight excluding hydrogens is 408 g/mol. The highest BCUT2D eigenvalue weighted by Crippen LogP contribution is 2.23. The normalized spacial score (nSPS) is 15.3. The van der Waals surface area contributed by atoms with Crippen LogP contribution in [0.1, 0.15) is 59.2 Å². The molecule has 1 aliphatic rings. The van der Waals surface area contributed by atoms with Gasteiger partial charge in [0.05, 0.1) is 5.69 Å². The Morgan fingerprint density at radius 3 is 2.68 bits per heavy atom. The maximum absolute atomic E-state index is 13.1. The molecule has 1 aliphatic carbocycles. The largest absolute Gasteiger partial charge is 0.351 e. The summed E-state index contributed by atoms with van der Waals surface area (Å²) in [5, 5.41) is 8.00. The molecule has 0 spiro atoms. The first-order valence-corrected chi connectivity index (χ1v) is 11.5. The second-order valence-corrected chi connectivity index (χ2v) is 8.81. The maximum atomic E-state index is 13.1. The number of hydrogen-bond acceptors (Lipinski definition) is 5. The Balaban J connectivity index is 1.52. The summed E-state index contributed by atoms with van der Waals surface area (Å²) < 4.78 is 0. The van der Waals surface area contributed by atoms with Gasteiger partial charge in [-0.3, -0.25) is 9.59 Å². The van der Waals surface area contributed by atoms with Crippen molar-refractivity contribution in [2.45, 2.75) is 51.1 Å². The Labute approximate surface area is 186 Å². The molecule has 31 heavy (non-hydrogen) atoms. The minimum atomic E-state index is -0.709. The average molecular weight is 435 g/mol. The first kappa shape index (κ1) is 21.2. The number of benzene rings is 1. The number of hydrogen-bond donors (Lipinski definition) is 2. The zero-order valence-electron chi connectivity index (χ0n) is 17.5. The fraction of sp³-hybridized carbons (Fsp3) is 0.333. The van der Waals surface area contributed by atoms with Crippen molar-refractivity contribution in [3.8, 4) is 11.3 Å². The summed E-state index contributed by atoms with van der Waals surface area (Å²) in [4.78, 5) is 35.5. The van der Waals surface area contributed by atoms with Crippen LogP contribution in [-0.4, -0.2) is 27.8 Å². The van der Waals surface area contributed by atoms with E-state index in [-0.39, 0.29) is 17.9 Å². The number of aromatic nitrogens is 2. The predicted molar refractivity (Wildman–Crippen MR) is 122 cm³/mol. The molecule has 160 valence electrons. The molecule has 1 fully saturated rings. The van der Waals surface area contributed by atoms with E-state index in [9.17, 15) is 9.59 Å². The number of thiophene rings is 1. The van der Waals surface area contributed by atoms with E-state index >= 15 is 0 Å². The Morgan fingerprint density at radius 1 is 1.10 bits per heavy atom. The lowest BCUT2D eigenvalue weighted by Crippen LogP contribution is -2.44. The second-order valence-electron chi connectivity index (χ2n) is 7.84. The van der Waals surface area contributed by atoms with E-state index < -0.39 is 6.04 Å². The van der Waals surface area contributed by atoms with Crippen molar-refractivity contribution in [3.63, 3.8) is 0 Å². The Kier molecular flexibility index (Phi) is 6.72. The second kappa shape index (κ2) is 9.83. The molecule has 0 radical (unpaired) electrons. The van der Waals surface area contributed by atoms with Crippen molar-refractivity contribution in [1.82, 2.24) is 20.6 Å². The van der Waals surface area contributed by atoms with Gasteiger partial charge in [0.25, 0.3) is 5.91 Å². The van der Waals surface area contributed by atoms with Crippen LogP contribution in [0.3, 0.4) is 0 Å². The first-order valence-electron chi connectivity index (χ1n) is 10.6. The molecule has 2 aromatic heterocycles. The van der Waals surface area contributed by atoms with Gasteiger partial charge >= 0.3 is 0 Å². The van der Waals surface area contributed by atoms with Crippen LogP contribution < -0.4 is 10.6 Å². The van der Waals surface area contributed by atoms with Crippen molar-refractivity contribution < 1.29 is 9.59 Å². The first-order chi connectivity index (χ1) is 15.1. The van der Waals surface area contributed by atoms with Crippen LogP contribution in [0, 0.1) is 6.92 Å². The van der Waals surface area contributed by atoms with E-state index in [1.807, 2.05) is 42.6 Å². The summed E-state index contributed by atoms with van der Waals surface area (Å²) in [6, 6.07) is 12.3. The molecule has 0 bridgehead atoms. The van der Waals surface area contributed by atoms with Crippen LogP contribution in [-0.2, 0) is 4.79 Å². The third-order valence-corrected chi connectivity index (χ3v) is 6.45. The van der Waals surface area contributed by atoms with Crippen LogP contribution >= 0.6 is 11.3 Å². The van der Waals surface area contributed by atoms with Gasteiger partial charge in [0.1, 0.15) is 11.9 Å². The van der Waals surface area contributed by atoms with Gasteiger partial charge < -0.3 is 10.6 Å². The molecule has 0 saturated heterocycles. The topological polar surface area (TPSA) is 84.0 Å². The van der Waals surface area contributed by atoms with Gasteiger partial charge in [-0.2, -0.15) is 0 Å². The molecule has 1 aromatic carbocycles. The monoisotopic (exact) mass is 434 g/mol. The summed E-state index contributed by atoms with van der Waals surface area (Å²) in [6.45, 7) is 1.83. The molecule has 0 aliphatic heterocycles. The van der Waals surface area contributed by atoms with E-state index in [1.54, 1.807) is 18.3 Å². The Hall–Kier alpha value is -3.06. The third kappa shape index (κ3) is 5.35. The number of carbonyl (C=O) groups excluding carboxylic acids is 2. The lowest BCUT2D eigenvalue weighted by Gasteiger charge is -2.25. The van der Waals surface area contributed by atoms with Crippen LogP contribution in [0.4, 0.5) is 0 Å². The van der Waals surface area contributed by atoms with Crippen LogP contribution in [0.25, 0.3) is 11.3 Å². The van der Waals surface area contributed by atoms with Gasteiger partial charge in [-0.05, 0) is 49.4 Å². The summed E-state index contributed by atoms with van der Waals surface area (Å²) in [6.07, 6.45) is 7.19. The van der Waals surface area contributed by atoms with Crippen molar-refractivity contribution in [2.24, 2.45) is 0 Å². The van der Waals surface area contributed by atoms with E-state index in [2.05, 4.69) is 20.6 Å². The number of aryl methyl sites for hydroxylation is 1. The SMILES string of the molecule is Cc1nccc(-c2cccc(C(=O)NC(C(=O)NC3CCCCC3)c3cccs3)c2)n1. The molecule has 2 N–H and O–H groups in total. The Morgan fingerprint density at radius 2 is 1.94 bits per heavy atom. The molecule has 1 unspecified atom stereocenters. The maximum Gasteiger partial charge on any atom is 0.252 e. The van der Waals surface area contributed by atoms with Crippen LogP contribution in [0.2, 0.25) is 0 Å². The fourth-order valence-corrected chi connectivity index (χ4v) is 4.68. The molecule has 1 atom stereocenters. The van der Waals surface area contributed by atoms with Crippen molar-refractivity contribution in [2.75, 3.05) is 0 Å². The summed E-state index contributed by atoms with van der Waals surface area (Å²) in [5.41, 5.74) is 2.07. The molecule has 4 rings (SSSR count). The lowest BCUT2D eigenvalue weighted by atomic mass is 9.95. The quantitative estimate of drug-likeness (QED) is 0.601. The number of amides is 2. The standard InChI is InChI=1S/C24H26N4O2S/c1-16-25-13-12-20(26-16)17-7-5-8-18(15-17)23(29)28-22(21-11-6-14-31-21)24(30)27-19-9-3-2-4-10-19/h5-8,11-15,19,22H,2-4,9-10H2,1H3,(H,27,30)(H,28,29). The zero-order valence-corrected chi connectivity index (χ0v) is 18.3. The van der Waals surface area contributed by atoms with E-state index in [0.717, 1.165) is 41.8 Å². The number of rotatable bonds is 6. The predicted octanol–water partition coefficient (Wildman–Crippen LogP) is 4.43. The molecule has 3 aromatic rings. The molecule has 7 heteroatoms. The van der Waals surface area contributed by atoms with Gasteiger partial charge in [0.2, 0.25) is 5.91 Å². The van der Waals surface area contributed by atoms with Gasteiger partial charge in [0, 0.05) is 28.2 Å². The number of carbonyl (C=O) groups is 2. The van der Waals surface area contributed by atoms with Crippen molar-refractivity contribution >= 4 is 23.2 Å². The van der Waals surface area contributed by atoms with Gasteiger partial charge in [-0.1, -0.05) is 37.5 Å². The Bertz CT molecular complexity index is 1050. The summed E-state index contributed by atoms with van der Waals surface area (Å²) in [5.74, 6) is 0.236. The van der Waals surface area contributed by atoms with Crippen LogP contribution in [0.5, 0.6) is 0 Å². The summed E-state index contributed by atoms with van der Waals surface area (Å²) >= 11 is 1.47. The average Bonchev–Trinajstić information content (AvgIpc) is 3.32. The highest BCUT2D eigenvalue weighted by Gasteiger charge is 2.27. The van der Waals surface area contributed by atoms with Crippen molar-refractivity contribution in [3.05, 3.63) is 70.3 Å². The molecule has 2 amide bonds. The van der Waals surface area contributed by atoms with Crippen LogP contribution in [0.15, 0.2) is 54.0 Å². The van der Waals surface area contributed by atoms with E-state index in [4.69, 9.17) is 0 Å².